The normalized spacial score (nSPS) is 18.2. The van der Waals surface area contributed by atoms with Gasteiger partial charge in [0.25, 0.3) is 0 Å². The van der Waals surface area contributed by atoms with Gasteiger partial charge in [-0.3, -0.25) is 4.79 Å². The van der Waals surface area contributed by atoms with Gasteiger partial charge in [-0.2, -0.15) is 0 Å². The molecule has 3 aromatic carbocycles. The quantitative estimate of drug-likeness (QED) is 0.583. The van der Waals surface area contributed by atoms with Crippen LogP contribution in [0.3, 0.4) is 0 Å². The maximum absolute atomic E-state index is 13.0. The number of ether oxygens (including phenoxy) is 1. The fourth-order valence-corrected chi connectivity index (χ4v) is 4.66. The van der Waals surface area contributed by atoms with E-state index in [0.29, 0.717) is 13.0 Å². The molecule has 1 N–H and O–H groups in total. The van der Waals surface area contributed by atoms with Gasteiger partial charge >= 0.3 is 0 Å². The predicted octanol–water partition coefficient (Wildman–Crippen LogP) is 6.19. The van der Waals surface area contributed by atoms with Crippen LogP contribution in [-0.2, 0) is 4.79 Å². The van der Waals surface area contributed by atoms with Crippen molar-refractivity contribution in [2.45, 2.75) is 38.5 Å². The van der Waals surface area contributed by atoms with Gasteiger partial charge in [0.1, 0.15) is 5.75 Å². The van der Waals surface area contributed by atoms with E-state index in [2.05, 4.69) is 60.8 Å². The number of benzene rings is 3. The van der Waals surface area contributed by atoms with Crippen LogP contribution in [0.2, 0.25) is 0 Å². The van der Waals surface area contributed by atoms with Gasteiger partial charge in [0.05, 0.1) is 6.61 Å². The molecule has 29 heavy (non-hydrogen) atoms. The van der Waals surface area contributed by atoms with E-state index in [4.69, 9.17) is 4.74 Å². The molecule has 5 rings (SSSR count). The second-order valence-electron chi connectivity index (χ2n) is 7.89. The fourth-order valence-electron chi connectivity index (χ4n) is 4.66. The van der Waals surface area contributed by atoms with Crippen LogP contribution in [-0.4, -0.2) is 12.4 Å². The first-order valence-electron chi connectivity index (χ1n) is 10.5. The largest absolute Gasteiger partial charge is 0.494 e. The molecule has 1 unspecified atom stereocenters. The lowest BCUT2D eigenvalue weighted by atomic mass is 9.74. The molecule has 1 atom stereocenters. The molecule has 3 heteroatoms. The summed E-state index contributed by atoms with van der Waals surface area (Å²) in [5.41, 5.74) is 5.52. The molecular weight excluding hydrogens is 358 g/mol. The van der Waals surface area contributed by atoms with Crippen molar-refractivity contribution in [1.29, 1.82) is 0 Å². The molecule has 0 amide bonds. The number of allylic oxidation sites excluding steroid dienone is 2. The molecule has 1 heterocycles. The lowest BCUT2D eigenvalue weighted by Gasteiger charge is -2.35. The first kappa shape index (κ1) is 18.0. The van der Waals surface area contributed by atoms with Gasteiger partial charge in [0, 0.05) is 29.3 Å². The van der Waals surface area contributed by atoms with E-state index in [0.717, 1.165) is 47.5 Å². The number of ketones is 1. The van der Waals surface area contributed by atoms with Gasteiger partial charge in [-0.05, 0) is 59.4 Å². The van der Waals surface area contributed by atoms with Crippen molar-refractivity contribution in [2.24, 2.45) is 0 Å². The molecule has 3 nitrogen and oxygen atoms in total. The first-order chi connectivity index (χ1) is 14.3. The van der Waals surface area contributed by atoms with E-state index in [1.807, 2.05) is 12.1 Å². The van der Waals surface area contributed by atoms with E-state index < -0.39 is 0 Å². The van der Waals surface area contributed by atoms with Crippen molar-refractivity contribution in [3.8, 4) is 5.75 Å². The Morgan fingerprint density at radius 1 is 1.00 bits per heavy atom. The predicted molar refractivity (Wildman–Crippen MR) is 118 cm³/mol. The van der Waals surface area contributed by atoms with Crippen LogP contribution in [0.1, 0.15) is 49.7 Å². The Morgan fingerprint density at radius 3 is 2.66 bits per heavy atom. The zero-order valence-corrected chi connectivity index (χ0v) is 16.7. The zero-order chi connectivity index (χ0) is 19.8. The maximum atomic E-state index is 13.0. The van der Waals surface area contributed by atoms with Gasteiger partial charge in [-0.15, -0.1) is 0 Å². The van der Waals surface area contributed by atoms with Crippen molar-refractivity contribution < 1.29 is 9.53 Å². The third-order valence-electron chi connectivity index (χ3n) is 5.98. The maximum Gasteiger partial charge on any atom is 0.161 e. The number of carbonyl (C=O) groups excluding carboxylic acids is 1. The van der Waals surface area contributed by atoms with E-state index in [9.17, 15) is 4.79 Å². The molecule has 2 aliphatic rings. The summed E-state index contributed by atoms with van der Waals surface area (Å²) in [4.78, 5) is 13.0. The number of nitrogens with one attached hydrogen (secondary N) is 1. The lowest BCUT2D eigenvalue weighted by Crippen LogP contribution is -2.27. The number of Topliss-reactive ketones (excluding diaryl/α,β-unsaturated/α-hetero) is 1. The zero-order valence-electron chi connectivity index (χ0n) is 16.7. The summed E-state index contributed by atoms with van der Waals surface area (Å²) in [5.74, 6) is 1.11. The number of rotatable bonds is 4. The molecule has 0 bridgehead atoms. The molecule has 1 aliphatic heterocycles. The Hall–Kier alpha value is -3.07. The van der Waals surface area contributed by atoms with Crippen molar-refractivity contribution in [3.63, 3.8) is 0 Å². The topological polar surface area (TPSA) is 38.3 Å². The minimum Gasteiger partial charge on any atom is -0.494 e. The number of fused-ring (bicyclic) bond motifs is 3. The summed E-state index contributed by atoms with van der Waals surface area (Å²) in [6.07, 6.45) is 3.47. The Kier molecular flexibility index (Phi) is 4.59. The smallest absolute Gasteiger partial charge is 0.161 e. The highest BCUT2D eigenvalue weighted by Crippen LogP contribution is 2.48. The summed E-state index contributed by atoms with van der Waals surface area (Å²) in [5, 5.41) is 6.00. The minimum absolute atomic E-state index is 0.0413. The van der Waals surface area contributed by atoms with Gasteiger partial charge < -0.3 is 10.1 Å². The molecule has 0 spiro atoms. The molecule has 0 aromatic heterocycles. The van der Waals surface area contributed by atoms with Crippen molar-refractivity contribution in [3.05, 3.63) is 83.1 Å². The van der Waals surface area contributed by atoms with E-state index in [1.165, 1.54) is 16.3 Å². The molecule has 146 valence electrons. The van der Waals surface area contributed by atoms with Crippen LogP contribution < -0.4 is 10.1 Å². The Morgan fingerprint density at radius 2 is 1.83 bits per heavy atom. The minimum atomic E-state index is -0.0413. The molecule has 0 saturated carbocycles. The average Bonchev–Trinajstić information content (AvgIpc) is 2.77. The van der Waals surface area contributed by atoms with Crippen LogP contribution in [0.25, 0.3) is 10.8 Å². The van der Waals surface area contributed by atoms with E-state index >= 15 is 0 Å². The molecule has 0 fully saturated rings. The number of anilines is 1. The highest BCUT2D eigenvalue weighted by Gasteiger charge is 2.35. The summed E-state index contributed by atoms with van der Waals surface area (Å²) >= 11 is 0. The van der Waals surface area contributed by atoms with Crippen LogP contribution in [0, 0.1) is 0 Å². The van der Waals surface area contributed by atoms with E-state index in [1.54, 1.807) is 0 Å². The van der Waals surface area contributed by atoms with Crippen molar-refractivity contribution in [1.82, 2.24) is 0 Å². The second-order valence-corrected chi connectivity index (χ2v) is 7.89. The number of hydrogen-bond acceptors (Lipinski definition) is 3. The molecule has 0 radical (unpaired) electrons. The van der Waals surface area contributed by atoms with Gasteiger partial charge in [0.2, 0.25) is 0 Å². The summed E-state index contributed by atoms with van der Waals surface area (Å²) in [6, 6.07) is 21.1. The molecule has 3 aromatic rings. The highest BCUT2D eigenvalue weighted by atomic mass is 16.5. The second kappa shape index (κ2) is 7.40. The standard InChI is InChI=1S/C26H25NO2/c1-2-16-29-19-13-10-18(11-14-19)24-25-20-7-4-3-6-17(20)12-15-22(25)27-21-8-5-9-23(28)26(21)24/h3-4,6-7,10-15,24,27H,2,5,8-9,16H2,1H3. The van der Waals surface area contributed by atoms with Crippen LogP contribution in [0.5, 0.6) is 5.75 Å². The summed E-state index contributed by atoms with van der Waals surface area (Å²) in [6.45, 7) is 2.82. The van der Waals surface area contributed by atoms with Crippen LogP contribution in [0.15, 0.2) is 71.9 Å². The van der Waals surface area contributed by atoms with Crippen molar-refractivity contribution >= 4 is 22.2 Å². The summed E-state index contributed by atoms with van der Waals surface area (Å²) in [7, 11) is 0. The number of hydrogen-bond donors (Lipinski definition) is 1. The highest BCUT2D eigenvalue weighted by molar-refractivity contribution is 6.04. The average molecular weight is 383 g/mol. The third kappa shape index (κ3) is 3.11. The molecule has 0 saturated heterocycles. The Balaban J connectivity index is 1.69. The monoisotopic (exact) mass is 383 g/mol. The summed E-state index contributed by atoms with van der Waals surface area (Å²) < 4.78 is 5.77. The fraction of sp³-hybridized carbons (Fsp3) is 0.269. The molecular formula is C26H25NO2. The van der Waals surface area contributed by atoms with Crippen LogP contribution >= 0.6 is 0 Å². The Labute approximate surface area is 171 Å². The van der Waals surface area contributed by atoms with Gasteiger partial charge in [-0.25, -0.2) is 0 Å². The van der Waals surface area contributed by atoms with Gasteiger partial charge in [-0.1, -0.05) is 49.4 Å². The first-order valence-corrected chi connectivity index (χ1v) is 10.5. The SMILES string of the molecule is CCCOc1ccc(C2C3=C(CCCC3=O)Nc3ccc4ccccc4c32)cc1. The van der Waals surface area contributed by atoms with Crippen molar-refractivity contribution in [2.75, 3.05) is 11.9 Å². The lowest BCUT2D eigenvalue weighted by molar-refractivity contribution is -0.116. The third-order valence-corrected chi connectivity index (χ3v) is 5.98. The molecule has 1 aliphatic carbocycles. The van der Waals surface area contributed by atoms with E-state index in [-0.39, 0.29) is 11.7 Å². The Bertz CT molecular complexity index is 1110. The van der Waals surface area contributed by atoms with Crippen LogP contribution in [0.4, 0.5) is 5.69 Å². The number of carbonyl (C=O) groups is 1. The van der Waals surface area contributed by atoms with Gasteiger partial charge in [0.15, 0.2) is 5.78 Å².